The van der Waals surface area contributed by atoms with Crippen LogP contribution in [0.1, 0.15) is 36.6 Å². The highest BCUT2D eigenvalue weighted by Crippen LogP contribution is 2.46. The summed E-state index contributed by atoms with van der Waals surface area (Å²) in [6, 6.07) is 14.6. The number of Topliss-reactive ketones (excluding diaryl/α,β-unsaturated/α-hetero) is 1. The van der Waals surface area contributed by atoms with Crippen LogP contribution in [-0.2, 0) is 16.0 Å². The van der Waals surface area contributed by atoms with E-state index in [1.54, 1.807) is 48.5 Å². The fourth-order valence-corrected chi connectivity index (χ4v) is 6.33. The molecule has 7 nitrogen and oxygen atoms in total. The van der Waals surface area contributed by atoms with Crippen molar-refractivity contribution in [3.05, 3.63) is 86.9 Å². The third kappa shape index (κ3) is 4.42. The first-order valence-electron chi connectivity index (χ1n) is 12.3. The smallest absolute Gasteiger partial charge is 0.301 e. The molecule has 0 aliphatic carbocycles. The molecule has 2 aliphatic heterocycles. The molecule has 10 heteroatoms. The van der Waals surface area contributed by atoms with E-state index >= 15 is 0 Å². The molecule has 3 aromatic carbocycles. The lowest BCUT2D eigenvalue weighted by molar-refractivity contribution is -0.132. The van der Waals surface area contributed by atoms with Crippen molar-refractivity contribution in [2.45, 2.75) is 32.4 Å². The van der Waals surface area contributed by atoms with Crippen molar-refractivity contribution in [1.82, 2.24) is 4.98 Å². The van der Waals surface area contributed by atoms with Crippen molar-refractivity contribution in [1.29, 1.82) is 0 Å². The number of carbonyl (C=O) groups is 2. The Morgan fingerprint density at radius 1 is 1.13 bits per heavy atom. The normalized spacial score (nSPS) is 19.9. The number of aliphatic hydroxyl groups is 1. The van der Waals surface area contributed by atoms with Gasteiger partial charge >= 0.3 is 5.91 Å². The van der Waals surface area contributed by atoms with Crippen LogP contribution in [-0.4, -0.2) is 34.5 Å². The molecule has 1 fully saturated rings. The number of rotatable bonds is 5. The van der Waals surface area contributed by atoms with Gasteiger partial charge in [0.15, 0.2) is 5.13 Å². The second-order valence-electron chi connectivity index (χ2n) is 9.36. The zero-order chi connectivity index (χ0) is 27.4. The summed E-state index contributed by atoms with van der Waals surface area (Å²) < 4.78 is 12.2. The number of halogens is 2. The molecule has 0 saturated carbocycles. The molecular formula is C29H22Cl2N2O5S. The number of hydrogen-bond acceptors (Lipinski definition) is 7. The van der Waals surface area contributed by atoms with Crippen LogP contribution in [0.4, 0.5) is 5.13 Å². The van der Waals surface area contributed by atoms with Gasteiger partial charge < -0.3 is 14.6 Å². The molecular weight excluding hydrogens is 559 g/mol. The van der Waals surface area contributed by atoms with E-state index in [0.717, 1.165) is 16.0 Å². The molecule has 4 aromatic rings. The molecule has 2 aliphatic rings. The molecule has 2 atom stereocenters. The van der Waals surface area contributed by atoms with Crippen molar-refractivity contribution in [3.63, 3.8) is 0 Å². The highest BCUT2D eigenvalue weighted by atomic mass is 35.5. The van der Waals surface area contributed by atoms with Crippen LogP contribution in [0.3, 0.4) is 0 Å². The Labute approximate surface area is 238 Å². The topological polar surface area (TPSA) is 89.0 Å². The third-order valence-corrected chi connectivity index (χ3v) is 8.50. The van der Waals surface area contributed by atoms with Crippen LogP contribution in [0.5, 0.6) is 11.5 Å². The molecule has 0 spiro atoms. The number of aliphatic hydroxyl groups excluding tert-OH is 1. The number of hydrogen-bond donors (Lipinski definition) is 1. The lowest BCUT2D eigenvalue weighted by Crippen LogP contribution is -2.29. The summed E-state index contributed by atoms with van der Waals surface area (Å²) in [6.07, 6.45) is 0.692. The number of amides is 1. The molecule has 1 aromatic heterocycles. The maximum Gasteiger partial charge on any atom is 0.301 e. The van der Waals surface area contributed by atoms with Gasteiger partial charge in [0.2, 0.25) is 0 Å². The second kappa shape index (κ2) is 9.86. The molecule has 1 saturated heterocycles. The summed E-state index contributed by atoms with van der Waals surface area (Å²) >= 11 is 13.8. The van der Waals surface area contributed by atoms with Crippen LogP contribution in [0, 0.1) is 0 Å². The van der Waals surface area contributed by atoms with Gasteiger partial charge in [-0.25, -0.2) is 4.98 Å². The standard InChI is InChI=1S/C29H22Cl2N2O5S/c1-3-37-18-6-8-21-23(13-18)39-29(32-21)33-25(15-4-7-19(30)20(31)12-15)24(27(35)28(33)36)26(34)16-5-9-22-17(11-16)10-14(2)38-22/h4-9,11-14,25,34H,3,10H2,1-2H3/b26-24-. The second-order valence-corrected chi connectivity index (χ2v) is 11.2. The number of aromatic nitrogens is 1. The quantitative estimate of drug-likeness (QED) is 0.156. The average molecular weight is 581 g/mol. The van der Waals surface area contributed by atoms with E-state index in [-0.39, 0.29) is 22.5 Å². The first kappa shape index (κ1) is 25.7. The van der Waals surface area contributed by atoms with E-state index < -0.39 is 17.7 Å². The van der Waals surface area contributed by atoms with E-state index in [4.69, 9.17) is 32.7 Å². The van der Waals surface area contributed by atoms with Gasteiger partial charge in [-0.05, 0) is 73.5 Å². The molecule has 2 unspecified atom stereocenters. The van der Waals surface area contributed by atoms with Crippen LogP contribution >= 0.6 is 34.5 Å². The number of fused-ring (bicyclic) bond motifs is 2. The number of ketones is 1. The third-order valence-electron chi connectivity index (χ3n) is 6.74. The molecule has 3 heterocycles. The predicted octanol–water partition coefficient (Wildman–Crippen LogP) is 6.95. The minimum Gasteiger partial charge on any atom is -0.507 e. The van der Waals surface area contributed by atoms with Crippen molar-refractivity contribution < 1.29 is 24.2 Å². The van der Waals surface area contributed by atoms with Gasteiger partial charge in [0.05, 0.1) is 38.5 Å². The van der Waals surface area contributed by atoms with E-state index in [1.807, 2.05) is 19.9 Å². The van der Waals surface area contributed by atoms with Crippen LogP contribution in [0.15, 0.2) is 60.2 Å². The molecule has 1 amide bonds. The molecule has 39 heavy (non-hydrogen) atoms. The van der Waals surface area contributed by atoms with E-state index in [9.17, 15) is 14.7 Å². The average Bonchev–Trinajstić information content (AvgIpc) is 3.57. The monoisotopic (exact) mass is 580 g/mol. The minimum absolute atomic E-state index is 0.0152. The highest BCUT2D eigenvalue weighted by Gasteiger charge is 2.48. The van der Waals surface area contributed by atoms with E-state index in [0.29, 0.717) is 45.6 Å². The zero-order valence-electron chi connectivity index (χ0n) is 20.9. The molecule has 6 rings (SSSR count). The lowest BCUT2D eigenvalue weighted by Gasteiger charge is -2.23. The molecule has 0 radical (unpaired) electrons. The summed E-state index contributed by atoms with van der Waals surface area (Å²) in [6.45, 7) is 4.37. The highest BCUT2D eigenvalue weighted by molar-refractivity contribution is 7.22. The van der Waals surface area contributed by atoms with Crippen molar-refractivity contribution in [2.24, 2.45) is 0 Å². The van der Waals surface area contributed by atoms with Crippen LogP contribution < -0.4 is 14.4 Å². The Morgan fingerprint density at radius 2 is 1.95 bits per heavy atom. The van der Waals surface area contributed by atoms with Gasteiger partial charge in [-0.15, -0.1) is 0 Å². The van der Waals surface area contributed by atoms with Gasteiger partial charge in [-0.2, -0.15) is 0 Å². The number of benzene rings is 3. The van der Waals surface area contributed by atoms with E-state index in [2.05, 4.69) is 4.98 Å². The number of thiazole rings is 1. The summed E-state index contributed by atoms with van der Waals surface area (Å²) in [5.74, 6) is -0.480. The first-order valence-corrected chi connectivity index (χ1v) is 13.9. The number of anilines is 1. The van der Waals surface area contributed by atoms with Crippen molar-refractivity contribution in [3.8, 4) is 11.5 Å². The number of ether oxygens (including phenoxy) is 2. The lowest BCUT2D eigenvalue weighted by atomic mass is 9.94. The van der Waals surface area contributed by atoms with Crippen molar-refractivity contribution in [2.75, 3.05) is 11.5 Å². The van der Waals surface area contributed by atoms with Gasteiger partial charge in [0, 0.05) is 12.0 Å². The Morgan fingerprint density at radius 3 is 2.72 bits per heavy atom. The number of nitrogens with zero attached hydrogens (tertiary/aromatic N) is 2. The van der Waals surface area contributed by atoms with Crippen molar-refractivity contribution >= 4 is 67.3 Å². The Bertz CT molecular complexity index is 1700. The van der Waals surface area contributed by atoms with Crippen LogP contribution in [0.2, 0.25) is 10.0 Å². The molecule has 1 N–H and O–H groups in total. The van der Waals surface area contributed by atoms with Crippen LogP contribution in [0.25, 0.3) is 16.0 Å². The van der Waals surface area contributed by atoms with Gasteiger partial charge in [0.1, 0.15) is 23.4 Å². The fraction of sp³-hybridized carbons (Fsp3) is 0.207. The van der Waals surface area contributed by atoms with Gasteiger partial charge in [0.25, 0.3) is 5.78 Å². The zero-order valence-corrected chi connectivity index (χ0v) is 23.2. The van der Waals surface area contributed by atoms with Gasteiger partial charge in [-0.1, -0.05) is 40.6 Å². The molecule has 198 valence electrons. The summed E-state index contributed by atoms with van der Waals surface area (Å²) in [7, 11) is 0. The Balaban J connectivity index is 1.52. The summed E-state index contributed by atoms with van der Waals surface area (Å²) in [5.41, 5.74) is 2.45. The minimum atomic E-state index is -0.977. The fourth-order valence-electron chi connectivity index (χ4n) is 5.00. The molecule has 0 bridgehead atoms. The van der Waals surface area contributed by atoms with Gasteiger partial charge in [-0.3, -0.25) is 14.5 Å². The summed E-state index contributed by atoms with van der Waals surface area (Å²) in [5, 5.41) is 12.4. The van der Waals surface area contributed by atoms with E-state index in [1.165, 1.54) is 16.2 Å². The Kier molecular flexibility index (Phi) is 6.49. The maximum atomic E-state index is 13.6. The summed E-state index contributed by atoms with van der Waals surface area (Å²) in [4.78, 5) is 33.1. The Hall–Kier alpha value is -3.59. The first-order chi connectivity index (χ1) is 18.7. The maximum absolute atomic E-state index is 13.6. The SMILES string of the molecule is CCOc1ccc2nc(N3C(=O)C(=O)/C(=C(\O)c4ccc5c(c4)CC(C)O5)C3c3ccc(Cl)c(Cl)c3)sc2c1. The number of carbonyl (C=O) groups excluding carboxylic acids is 2. The predicted molar refractivity (Wildman–Crippen MR) is 152 cm³/mol. The largest absolute Gasteiger partial charge is 0.507 e.